The smallest absolute Gasteiger partial charge is 0.309 e. The highest BCUT2D eigenvalue weighted by Crippen LogP contribution is 2.29. The van der Waals surface area contributed by atoms with Crippen molar-refractivity contribution >= 4 is 5.97 Å². The van der Waals surface area contributed by atoms with Crippen LogP contribution < -0.4 is 0 Å². The van der Waals surface area contributed by atoms with Crippen LogP contribution in [-0.4, -0.2) is 22.1 Å². The molecule has 0 saturated carbocycles. The summed E-state index contributed by atoms with van der Waals surface area (Å²) in [5.74, 6) is 0.403. The van der Waals surface area contributed by atoms with Crippen molar-refractivity contribution in [3.63, 3.8) is 0 Å². The largest absolute Gasteiger partial charge is 0.465 e. The Morgan fingerprint density at radius 3 is 3.06 bits per heavy atom. The zero-order chi connectivity index (χ0) is 12.3. The van der Waals surface area contributed by atoms with Crippen molar-refractivity contribution in [2.45, 2.75) is 32.6 Å². The lowest BCUT2D eigenvalue weighted by molar-refractivity contribution is -0.141. The van der Waals surface area contributed by atoms with Crippen molar-refractivity contribution < 1.29 is 9.53 Å². The quantitative estimate of drug-likeness (QED) is 0.734. The molecule has 2 atom stereocenters. The van der Waals surface area contributed by atoms with Crippen LogP contribution in [0.2, 0.25) is 0 Å². The topological polar surface area (TPSA) is 44.1 Å². The Bertz CT molecular complexity index is 387. The average Bonchev–Trinajstić information content (AvgIpc) is 2.86. The number of aryl methyl sites for hydroxylation is 1. The van der Waals surface area contributed by atoms with Crippen LogP contribution in [0.25, 0.3) is 0 Å². The summed E-state index contributed by atoms with van der Waals surface area (Å²) in [5, 5.41) is 0. The van der Waals surface area contributed by atoms with Crippen LogP contribution in [-0.2, 0) is 23.0 Å². The summed E-state index contributed by atoms with van der Waals surface area (Å²) in [5.41, 5.74) is 1.18. The number of hydrogen-bond acceptors (Lipinski definition) is 3. The third-order valence-corrected chi connectivity index (χ3v) is 3.57. The number of rotatable bonds is 5. The SMILES string of the molecule is CCCC[C@@H]1C(=O)OC[C@@H]1Cc1cncn1C. The molecule has 0 amide bonds. The van der Waals surface area contributed by atoms with Crippen molar-refractivity contribution in [1.82, 2.24) is 9.55 Å². The van der Waals surface area contributed by atoms with Gasteiger partial charge in [-0.3, -0.25) is 4.79 Å². The molecule has 17 heavy (non-hydrogen) atoms. The summed E-state index contributed by atoms with van der Waals surface area (Å²) < 4.78 is 7.21. The fourth-order valence-corrected chi connectivity index (χ4v) is 2.43. The first-order valence-corrected chi connectivity index (χ1v) is 6.34. The lowest BCUT2D eigenvalue weighted by atomic mass is 9.87. The lowest BCUT2D eigenvalue weighted by Crippen LogP contribution is -2.19. The molecule has 4 nitrogen and oxygen atoms in total. The molecule has 0 radical (unpaired) electrons. The van der Waals surface area contributed by atoms with Crippen molar-refractivity contribution in [2.24, 2.45) is 18.9 Å². The number of carbonyl (C=O) groups excluding carboxylic acids is 1. The molecule has 4 heteroatoms. The number of cyclic esters (lactones) is 1. The van der Waals surface area contributed by atoms with Gasteiger partial charge in [0.2, 0.25) is 0 Å². The molecule has 0 aromatic carbocycles. The molecular formula is C13H20N2O2. The van der Waals surface area contributed by atoms with E-state index in [1.807, 2.05) is 17.8 Å². The van der Waals surface area contributed by atoms with E-state index >= 15 is 0 Å². The maximum atomic E-state index is 11.7. The van der Waals surface area contributed by atoms with Crippen LogP contribution in [0.5, 0.6) is 0 Å². The molecule has 0 spiro atoms. The number of carbonyl (C=O) groups is 1. The molecule has 1 aliphatic rings. The molecule has 1 aromatic heterocycles. The summed E-state index contributed by atoms with van der Waals surface area (Å²) in [6.45, 7) is 2.72. The second-order valence-corrected chi connectivity index (χ2v) is 4.84. The Hall–Kier alpha value is -1.32. The third-order valence-electron chi connectivity index (χ3n) is 3.57. The van der Waals surface area contributed by atoms with Gasteiger partial charge in [-0.15, -0.1) is 0 Å². The predicted molar refractivity (Wildman–Crippen MR) is 64.4 cm³/mol. The highest BCUT2D eigenvalue weighted by molar-refractivity contribution is 5.74. The van der Waals surface area contributed by atoms with Gasteiger partial charge < -0.3 is 9.30 Å². The Labute approximate surface area is 102 Å². The maximum Gasteiger partial charge on any atom is 0.309 e. The minimum atomic E-state index is -0.00869. The van der Waals surface area contributed by atoms with Crippen LogP contribution in [0.3, 0.4) is 0 Å². The first kappa shape index (κ1) is 12.1. The van der Waals surface area contributed by atoms with Crippen molar-refractivity contribution in [2.75, 3.05) is 6.61 Å². The fraction of sp³-hybridized carbons (Fsp3) is 0.692. The second kappa shape index (κ2) is 5.34. The number of esters is 1. The zero-order valence-corrected chi connectivity index (χ0v) is 10.6. The van der Waals surface area contributed by atoms with Crippen molar-refractivity contribution in [3.8, 4) is 0 Å². The molecule has 94 valence electrons. The number of nitrogens with zero attached hydrogens (tertiary/aromatic N) is 2. The van der Waals surface area contributed by atoms with E-state index in [1.165, 1.54) is 5.69 Å². The average molecular weight is 236 g/mol. The fourth-order valence-electron chi connectivity index (χ4n) is 2.43. The summed E-state index contributed by atoms with van der Waals surface area (Å²) >= 11 is 0. The van der Waals surface area contributed by atoms with E-state index in [0.717, 1.165) is 25.7 Å². The van der Waals surface area contributed by atoms with Gasteiger partial charge in [-0.05, 0) is 12.8 Å². The van der Waals surface area contributed by atoms with Gasteiger partial charge in [0, 0.05) is 24.9 Å². The highest BCUT2D eigenvalue weighted by Gasteiger charge is 2.36. The summed E-state index contributed by atoms with van der Waals surface area (Å²) in [7, 11) is 1.99. The second-order valence-electron chi connectivity index (χ2n) is 4.84. The van der Waals surface area contributed by atoms with Gasteiger partial charge in [0.1, 0.15) is 0 Å². The molecule has 0 N–H and O–H groups in total. The molecule has 2 heterocycles. The first-order valence-electron chi connectivity index (χ1n) is 6.34. The Morgan fingerprint density at radius 1 is 1.59 bits per heavy atom. The molecular weight excluding hydrogens is 216 g/mol. The third kappa shape index (κ3) is 2.68. The predicted octanol–water partition coefficient (Wildman–Crippen LogP) is 1.94. The van der Waals surface area contributed by atoms with E-state index < -0.39 is 0 Å². The van der Waals surface area contributed by atoms with Gasteiger partial charge in [-0.2, -0.15) is 0 Å². The number of unbranched alkanes of at least 4 members (excludes halogenated alkanes) is 1. The van der Waals surface area contributed by atoms with Crippen LogP contribution in [0.15, 0.2) is 12.5 Å². The molecule has 0 aliphatic carbocycles. The number of imidazole rings is 1. The molecule has 0 bridgehead atoms. The van der Waals surface area contributed by atoms with Gasteiger partial charge in [0.25, 0.3) is 0 Å². The summed E-state index contributed by atoms with van der Waals surface area (Å²) in [4.78, 5) is 15.8. The van der Waals surface area contributed by atoms with E-state index in [9.17, 15) is 4.79 Å². The zero-order valence-electron chi connectivity index (χ0n) is 10.6. The monoisotopic (exact) mass is 236 g/mol. The lowest BCUT2D eigenvalue weighted by Gasteiger charge is -2.14. The minimum Gasteiger partial charge on any atom is -0.465 e. The normalized spacial score (nSPS) is 24.0. The van der Waals surface area contributed by atoms with Gasteiger partial charge in [0.05, 0.1) is 18.9 Å². The summed E-state index contributed by atoms with van der Waals surface area (Å²) in [6, 6.07) is 0. The molecule has 1 saturated heterocycles. The van der Waals surface area contributed by atoms with E-state index in [4.69, 9.17) is 4.74 Å². The standard InChI is InChI=1S/C13H20N2O2/c1-3-4-5-12-10(8-17-13(12)16)6-11-7-14-9-15(11)2/h7,9-10,12H,3-6,8H2,1-2H3/t10-,12-/m0/s1. The summed E-state index contributed by atoms with van der Waals surface area (Å²) in [6.07, 6.45) is 7.74. The minimum absolute atomic E-state index is 0.00869. The van der Waals surface area contributed by atoms with E-state index in [1.54, 1.807) is 6.33 Å². The van der Waals surface area contributed by atoms with Crippen LogP contribution in [0, 0.1) is 11.8 Å². The molecule has 0 unspecified atom stereocenters. The molecule has 1 aromatic rings. The van der Waals surface area contributed by atoms with Crippen molar-refractivity contribution in [1.29, 1.82) is 0 Å². The number of hydrogen-bond donors (Lipinski definition) is 0. The van der Waals surface area contributed by atoms with Crippen LogP contribution in [0.4, 0.5) is 0 Å². The van der Waals surface area contributed by atoms with Crippen LogP contribution in [0.1, 0.15) is 31.9 Å². The van der Waals surface area contributed by atoms with Gasteiger partial charge in [-0.25, -0.2) is 4.98 Å². The number of aromatic nitrogens is 2. The molecule has 2 rings (SSSR count). The van der Waals surface area contributed by atoms with Gasteiger partial charge in [-0.1, -0.05) is 19.8 Å². The van der Waals surface area contributed by atoms with E-state index in [2.05, 4.69) is 11.9 Å². The Balaban J connectivity index is 1.99. The first-order chi connectivity index (χ1) is 8.22. The molecule has 1 fully saturated rings. The Kier molecular flexibility index (Phi) is 3.82. The maximum absolute atomic E-state index is 11.7. The Morgan fingerprint density at radius 2 is 2.41 bits per heavy atom. The van der Waals surface area contributed by atoms with Gasteiger partial charge >= 0.3 is 5.97 Å². The number of ether oxygens (including phenoxy) is 1. The van der Waals surface area contributed by atoms with Crippen LogP contribution >= 0.6 is 0 Å². The highest BCUT2D eigenvalue weighted by atomic mass is 16.5. The van der Waals surface area contributed by atoms with E-state index in [0.29, 0.717) is 12.5 Å². The van der Waals surface area contributed by atoms with Gasteiger partial charge in [0.15, 0.2) is 0 Å². The van der Waals surface area contributed by atoms with E-state index in [-0.39, 0.29) is 11.9 Å². The molecule has 1 aliphatic heterocycles. The van der Waals surface area contributed by atoms with Crippen molar-refractivity contribution in [3.05, 3.63) is 18.2 Å².